The Balaban J connectivity index is 1.70. The maximum Gasteiger partial charge on any atom is 0.245 e. The number of nitrogens with zero attached hydrogens (tertiary/aromatic N) is 4. The van der Waals surface area contributed by atoms with Gasteiger partial charge >= 0.3 is 0 Å². The van der Waals surface area contributed by atoms with E-state index in [-0.39, 0.29) is 5.91 Å². The summed E-state index contributed by atoms with van der Waals surface area (Å²) in [6.07, 6.45) is 3.86. The Bertz CT molecular complexity index is 905. The first-order valence-corrected chi connectivity index (χ1v) is 8.10. The van der Waals surface area contributed by atoms with Gasteiger partial charge in [0.2, 0.25) is 5.91 Å². The summed E-state index contributed by atoms with van der Waals surface area (Å²) in [4.78, 5) is 12.0. The number of carbonyl (C=O) groups is 1. The molecule has 0 fully saturated rings. The number of hydrazone groups is 1. The topological polar surface area (TPSA) is 64.2 Å². The average molecular weight is 335 g/mol. The van der Waals surface area contributed by atoms with Gasteiger partial charge in [-0.05, 0) is 38.1 Å². The number of aryl methyl sites for hydroxylation is 2. The van der Waals surface area contributed by atoms with Crippen molar-refractivity contribution in [3.63, 3.8) is 0 Å². The first-order valence-electron chi connectivity index (χ1n) is 8.10. The standard InChI is InChI=1S/C19H21N5O/c1-14-18(15(2)24(22-14)16-8-5-4-6-9-16)13-20-21-19(25)12-17-10-7-11-23(17)3/h4-11,13H,12H2,1-3H3,(H,21,25)/b20-13+. The molecule has 0 saturated carbocycles. The van der Waals surface area contributed by atoms with Crippen molar-refractivity contribution in [1.82, 2.24) is 19.8 Å². The number of hydrogen-bond donors (Lipinski definition) is 1. The molecule has 1 N–H and O–H groups in total. The lowest BCUT2D eigenvalue weighted by molar-refractivity contribution is -0.120. The van der Waals surface area contributed by atoms with Crippen LogP contribution in [-0.4, -0.2) is 26.5 Å². The molecular formula is C19H21N5O. The fourth-order valence-corrected chi connectivity index (χ4v) is 2.72. The molecule has 1 aromatic carbocycles. The molecule has 0 aliphatic rings. The quantitative estimate of drug-likeness (QED) is 0.575. The van der Waals surface area contributed by atoms with Crippen LogP contribution in [0.5, 0.6) is 0 Å². The SMILES string of the molecule is Cc1nn(-c2ccccc2)c(C)c1/C=N/NC(=O)Cc1cccn1C. The van der Waals surface area contributed by atoms with Crippen LogP contribution in [0.3, 0.4) is 0 Å². The monoisotopic (exact) mass is 335 g/mol. The summed E-state index contributed by atoms with van der Waals surface area (Å²) in [6, 6.07) is 13.8. The highest BCUT2D eigenvalue weighted by molar-refractivity contribution is 5.85. The molecule has 0 radical (unpaired) electrons. The van der Waals surface area contributed by atoms with Gasteiger partial charge in [0, 0.05) is 24.5 Å². The highest BCUT2D eigenvalue weighted by Crippen LogP contribution is 2.16. The minimum Gasteiger partial charge on any atom is -0.354 e. The minimum atomic E-state index is -0.149. The van der Waals surface area contributed by atoms with Crippen molar-refractivity contribution in [3.8, 4) is 5.69 Å². The molecule has 25 heavy (non-hydrogen) atoms. The number of para-hydroxylation sites is 1. The lowest BCUT2D eigenvalue weighted by atomic mass is 10.2. The Morgan fingerprint density at radius 3 is 2.64 bits per heavy atom. The molecule has 0 aliphatic carbocycles. The predicted molar refractivity (Wildman–Crippen MR) is 97.9 cm³/mol. The molecule has 0 atom stereocenters. The first kappa shape index (κ1) is 16.7. The zero-order chi connectivity index (χ0) is 17.8. The van der Waals surface area contributed by atoms with Gasteiger partial charge in [0.1, 0.15) is 0 Å². The van der Waals surface area contributed by atoms with Crippen LogP contribution in [0, 0.1) is 13.8 Å². The van der Waals surface area contributed by atoms with E-state index in [1.165, 1.54) is 0 Å². The molecule has 3 aromatic rings. The second-order valence-corrected chi connectivity index (χ2v) is 5.91. The summed E-state index contributed by atoms with van der Waals surface area (Å²) in [7, 11) is 1.91. The van der Waals surface area contributed by atoms with Crippen molar-refractivity contribution in [2.75, 3.05) is 0 Å². The average Bonchev–Trinajstić information content (AvgIpc) is 3.13. The van der Waals surface area contributed by atoms with E-state index >= 15 is 0 Å². The van der Waals surface area contributed by atoms with Crippen LogP contribution >= 0.6 is 0 Å². The Morgan fingerprint density at radius 1 is 1.20 bits per heavy atom. The first-order chi connectivity index (χ1) is 12.1. The van der Waals surface area contributed by atoms with E-state index < -0.39 is 0 Å². The third-order valence-electron chi connectivity index (χ3n) is 4.12. The van der Waals surface area contributed by atoms with Gasteiger partial charge in [-0.1, -0.05) is 18.2 Å². The molecule has 2 aromatic heterocycles. The highest BCUT2D eigenvalue weighted by atomic mass is 16.2. The van der Waals surface area contributed by atoms with Crippen LogP contribution in [0.4, 0.5) is 0 Å². The normalized spacial score (nSPS) is 11.2. The van der Waals surface area contributed by atoms with Crippen molar-refractivity contribution in [3.05, 3.63) is 71.3 Å². The van der Waals surface area contributed by atoms with Gasteiger partial charge in [-0.25, -0.2) is 10.1 Å². The molecule has 3 rings (SSSR count). The Morgan fingerprint density at radius 2 is 1.96 bits per heavy atom. The summed E-state index contributed by atoms with van der Waals surface area (Å²) in [5.41, 5.74) is 7.26. The predicted octanol–water partition coefficient (Wildman–Crippen LogP) is 2.52. The van der Waals surface area contributed by atoms with Crippen molar-refractivity contribution in [1.29, 1.82) is 0 Å². The summed E-state index contributed by atoms with van der Waals surface area (Å²) in [5.74, 6) is -0.149. The molecule has 0 unspecified atom stereocenters. The number of carbonyl (C=O) groups excluding carboxylic acids is 1. The van der Waals surface area contributed by atoms with Crippen molar-refractivity contribution in [2.45, 2.75) is 20.3 Å². The molecule has 6 nitrogen and oxygen atoms in total. The van der Waals surface area contributed by atoms with Gasteiger partial charge in [-0.3, -0.25) is 4.79 Å². The zero-order valence-electron chi connectivity index (χ0n) is 14.6. The Labute approximate surface area is 146 Å². The largest absolute Gasteiger partial charge is 0.354 e. The van der Waals surface area contributed by atoms with E-state index in [2.05, 4.69) is 15.6 Å². The van der Waals surface area contributed by atoms with Gasteiger partial charge in [-0.15, -0.1) is 0 Å². The van der Waals surface area contributed by atoms with Gasteiger partial charge in [0.05, 0.1) is 29.7 Å². The third kappa shape index (κ3) is 3.68. The number of amides is 1. The summed E-state index contributed by atoms with van der Waals surface area (Å²) in [5, 5.41) is 8.65. The zero-order valence-corrected chi connectivity index (χ0v) is 14.6. The molecule has 2 heterocycles. The maximum atomic E-state index is 12.0. The number of benzene rings is 1. The summed E-state index contributed by atoms with van der Waals surface area (Å²) >= 11 is 0. The van der Waals surface area contributed by atoms with Crippen molar-refractivity contribution in [2.24, 2.45) is 12.1 Å². The molecule has 0 bridgehead atoms. The van der Waals surface area contributed by atoms with E-state index in [0.717, 1.165) is 28.3 Å². The smallest absolute Gasteiger partial charge is 0.245 e. The van der Waals surface area contributed by atoms with Crippen molar-refractivity contribution >= 4 is 12.1 Å². The van der Waals surface area contributed by atoms with Crippen LogP contribution < -0.4 is 5.43 Å². The maximum absolute atomic E-state index is 12.0. The van der Waals surface area contributed by atoms with Gasteiger partial charge in [0.15, 0.2) is 0 Å². The lowest BCUT2D eigenvalue weighted by Crippen LogP contribution is -2.21. The third-order valence-corrected chi connectivity index (χ3v) is 4.12. The molecular weight excluding hydrogens is 314 g/mol. The van der Waals surface area contributed by atoms with Crippen LogP contribution in [0.1, 0.15) is 22.6 Å². The molecule has 1 amide bonds. The van der Waals surface area contributed by atoms with Crippen molar-refractivity contribution < 1.29 is 4.79 Å². The van der Waals surface area contributed by atoms with Gasteiger partial charge in [0.25, 0.3) is 0 Å². The molecule has 128 valence electrons. The summed E-state index contributed by atoms with van der Waals surface area (Å²) in [6.45, 7) is 3.92. The number of aromatic nitrogens is 3. The van der Waals surface area contributed by atoms with E-state index in [1.807, 2.05) is 78.8 Å². The van der Waals surface area contributed by atoms with E-state index in [0.29, 0.717) is 6.42 Å². The molecule has 6 heteroatoms. The molecule has 0 saturated heterocycles. The van der Waals surface area contributed by atoms with Crippen LogP contribution in [0.15, 0.2) is 53.8 Å². The Hall–Kier alpha value is -3.15. The van der Waals surface area contributed by atoms with Gasteiger partial charge in [-0.2, -0.15) is 10.2 Å². The number of nitrogens with one attached hydrogen (secondary N) is 1. The van der Waals surface area contributed by atoms with Crippen LogP contribution in [-0.2, 0) is 18.3 Å². The van der Waals surface area contributed by atoms with Gasteiger partial charge < -0.3 is 4.57 Å². The number of rotatable bonds is 5. The fourth-order valence-electron chi connectivity index (χ4n) is 2.72. The summed E-state index contributed by atoms with van der Waals surface area (Å²) < 4.78 is 3.80. The fraction of sp³-hybridized carbons (Fsp3) is 0.211. The lowest BCUT2D eigenvalue weighted by Gasteiger charge is -2.04. The van der Waals surface area contributed by atoms with E-state index in [9.17, 15) is 4.79 Å². The number of hydrogen-bond acceptors (Lipinski definition) is 3. The second-order valence-electron chi connectivity index (χ2n) is 5.91. The minimum absolute atomic E-state index is 0.149. The molecule has 0 aliphatic heterocycles. The Kier molecular flexibility index (Phi) is 4.79. The highest BCUT2D eigenvalue weighted by Gasteiger charge is 2.11. The van der Waals surface area contributed by atoms with E-state index in [4.69, 9.17) is 0 Å². The van der Waals surface area contributed by atoms with E-state index in [1.54, 1.807) is 6.21 Å². The van der Waals surface area contributed by atoms with Crippen LogP contribution in [0.25, 0.3) is 5.69 Å². The molecule has 0 spiro atoms. The van der Waals surface area contributed by atoms with Crippen LogP contribution in [0.2, 0.25) is 0 Å². The second kappa shape index (κ2) is 7.17.